The highest BCUT2D eigenvalue weighted by atomic mass is 16.5. The Kier molecular flexibility index (Phi) is 5.58. The number of carbonyl (C=O) groups excluding carboxylic acids is 1. The second-order valence-corrected chi connectivity index (χ2v) is 6.96. The van der Waals surface area contributed by atoms with Crippen LogP contribution in [-0.2, 0) is 14.3 Å². The lowest BCUT2D eigenvalue weighted by atomic mass is 9.66. The first kappa shape index (κ1) is 17.7. The van der Waals surface area contributed by atoms with Gasteiger partial charge in [-0.25, -0.2) is 0 Å². The van der Waals surface area contributed by atoms with Crippen molar-refractivity contribution in [2.24, 2.45) is 5.41 Å². The van der Waals surface area contributed by atoms with E-state index in [-0.39, 0.29) is 18.4 Å². The number of ether oxygens (including phenoxy) is 2. The lowest BCUT2D eigenvalue weighted by molar-refractivity contribution is -0.157. The van der Waals surface area contributed by atoms with Gasteiger partial charge in [-0.2, -0.15) is 0 Å². The summed E-state index contributed by atoms with van der Waals surface area (Å²) in [5.74, 6) is -0.581. The van der Waals surface area contributed by atoms with Gasteiger partial charge in [0.25, 0.3) is 0 Å². The molecular formula is C19H25NO5. The van der Waals surface area contributed by atoms with Gasteiger partial charge in [0.05, 0.1) is 17.2 Å². The number of benzene rings is 1. The molecule has 1 atom stereocenters. The van der Waals surface area contributed by atoms with Crippen molar-refractivity contribution in [3.05, 3.63) is 24.3 Å². The van der Waals surface area contributed by atoms with Crippen LogP contribution in [0.3, 0.4) is 0 Å². The summed E-state index contributed by atoms with van der Waals surface area (Å²) in [6, 6.07) is 7.23. The zero-order valence-corrected chi connectivity index (χ0v) is 14.3. The number of para-hydroxylation sites is 2. The molecule has 3 rings (SSSR count). The van der Waals surface area contributed by atoms with Gasteiger partial charge in [-0.3, -0.25) is 9.59 Å². The fourth-order valence-electron chi connectivity index (χ4n) is 3.39. The number of aliphatic carboxylic acids is 1. The van der Waals surface area contributed by atoms with E-state index in [1.165, 1.54) is 0 Å². The maximum atomic E-state index is 12.3. The first-order chi connectivity index (χ1) is 12.1. The van der Waals surface area contributed by atoms with E-state index < -0.39 is 11.4 Å². The molecule has 1 aromatic rings. The van der Waals surface area contributed by atoms with Gasteiger partial charge in [0.2, 0.25) is 5.91 Å². The number of hydrogen-bond acceptors (Lipinski definition) is 4. The van der Waals surface area contributed by atoms with E-state index in [4.69, 9.17) is 9.47 Å². The third kappa shape index (κ3) is 4.31. The normalized spacial score (nSPS) is 21.8. The van der Waals surface area contributed by atoms with Crippen molar-refractivity contribution in [1.82, 2.24) is 0 Å². The second kappa shape index (κ2) is 7.87. The first-order valence-electron chi connectivity index (χ1n) is 8.96. The van der Waals surface area contributed by atoms with Gasteiger partial charge in [0.1, 0.15) is 12.4 Å². The number of hydrogen-bond donors (Lipinski definition) is 2. The van der Waals surface area contributed by atoms with Crippen LogP contribution in [-0.4, -0.2) is 36.3 Å². The van der Waals surface area contributed by atoms with Crippen LogP contribution in [0.15, 0.2) is 24.3 Å². The quantitative estimate of drug-likeness (QED) is 0.791. The van der Waals surface area contributed by atoms with Gasteiger partial charge in [-0.1, -0.05) is 18.6 Å². The van der Waals surface area contributed by atoms with Crippen molar-refractivity contribution in [3.63, 3.8) is 0 Å². The Balaban J connectivity index is 1.58. The van der Waals surface area contributed by atoms with E-state index in [1.54, 1.807) is 12.1 Å². The molecule has 6 nitrogen and oxygen atoms in total. The molecule has 2 fully saturated rings. The molecule has 2 aliphatic rings. The van der Waals surface area contributed by atoms with Gasteiger partial charge in [0, 0.05) is 13.0 Å². The summed E-state index contributed by atoms with van der Waals surface area (Å²) in [7, 11) is 0. The number of carbonyl (C=O) groups is 2. The fourth-order valence-corrected chi connectivity index (χ4v) is 3.39. The maximum Gasteiger partial charge on any atom is 0.310 e. The van der Waals surface area contributed by atoms with Gasteiger partial charge < -0.3 is 19.9 Å². The number of amides is 1. The van der Waals surface area contributed by atoms with Crippen LogP contribution in [0, 0.1) is 5.41 Å². The first-order valence-corrected chi connectivity index (χ1v) is 8.96. The predicted octanol–water partition coefficient (Wildman–Crippen LogP) is 3.22. The van der Waals surface area contributed by atoms with Crippen LogP contribution in [0.1, 0.15) is 44.9 Å². The molecule has 1 unspecified atom stereocenters. The predicted molar refractivity (Wildman–Crippen MR) is 92.7 cm³/mol. The molecule has 0 aromatic heterocycles. The molecule has 0 spiro atoms. The van der Waals surface area contributed by atoms with Crippen molar-refractivity contribution in [1.29, 1.82) is 0 Å². The molecule has 1 amide bonds. The minimum absolute atomic E-state index is 0.00238. The number of anilines is 1. The summed E-state index contributed by atoms with van der Waals surface area (Å²) in [4.78, 5) is 23.7. The van der Waals surface area contributed by atoms with E-state index in [2.05, 4.69) is 5.32 Å². The monoisotopic (exact) mass is 347 g/mol. The molecule has 1 aliphatic carbocycles. The third-order valence-electron chi connectivity index (χ3n) is 5.12. The van der Waals surface area contributed by atoms with Crippen LogP contribution in [0.25, 0.3) is 0 Å². The van der Waals surface area contributed by atoms with Gasteiger partial charge >= 0.3 is 5.97 Å². The van der Waals surface area contributed by atoms with Crippen molar-refractivity contribution in [2.75, 3.05) is 18.5 Å². The van der Waals surface area contributed by atoms with Gasteiger partial charge in [-0.05, 0) is 44.2 Å². The Morgan fingerprint density at radius 2 is 2.04 bits per heavy atom. The smallest absolute Gasteiger partial charge is 0.310 e. The van der Waals surface area contributed by atoms with E-state index in [1.807, 2.05) is 12.1 Å². The van der Waals surface area contributed by atoms with Crippen LogP contribution >= 0.6 is 0 Å². The Morgan fingerprint density at radius 1 is 1.24 bits per heavy atom. The van der Waals surface area contributed by atoms with Crippen LogP contribution in [0.2, 0.25) is 0 Å². The standard InChI is InChI=1S/C19H25NO5/c21-17(12-19(18(22)23)9-5-10-19)20-15-7-1-2-8-16(15)25-13-14-6-3-4-11-24-14/h1-2,7-8,14H,3-6,9-13H2,(H,20,21)(H,22,23). The largest absolute Gasteiger partial charge is 0.489 e. The third-order valence-corrected chi connectivity index (χ3v) is 5.12. The Labute approximate surface area is 147 Å². The Bertz CT molecular complexity index is 620. The Morgan fingerprint density at radius 3 is 2.68 bits per heavy atom. The highest BCUT2D eigenvalue weighted by molar-refractivity contribution is 5.95. The topological polar surface area (TPSA) is 84.9 Å². The zero-order chi connectivity index (χ0) is 17.7. The minimum Gasteiger partial charge on any atom is -0.489 e. The van der Waals surface area contributed by atoms with Crippen molar-refractivity contribution in [3.8, 4) is 5.75 Å². The van der Waals surface area contributed by atoms with E-state index in [0.717, 1.165) is 32.3 Å². The molecule has 1 aliphatic heterocycles. The lowest BCUT2D eigenvalue weighted by Crippen LogP contribution is -2.41. The molecule has 1 aromatic carbocycles. The lowest BCUT2D eigenvalue weighted by Gasteiger charge is -2.36. The highest BCUT2D eigenvalue weighted by Crippen LogP contribution is 2.44. The van der Waals surface area contributed by atoms with E-state index in [9.17, 15) is 14.7 Å². The molecule has 0 bridgehead atoms. The molecule has 1 saturated heterocycles. The summed E-state index contributed by atoms with van der Waals surface area (Å²) in [6.07, 6.45) is 5.29. The molecule has 1 heterocycles. The van der Waals surface area contributed by atoms with E-state index >= 15 is 0 Å². The molecule has 2 N–H and O–H groups in total. The average molecular weight is 347 g/mol. The second-order valence-electron chi connectivity index (χ2n) is 6.96. The molecule has 1 saturated carbocycles. The highest BCUT2D eigenvalue weighted by Gasteiger charge is 2.45. The summed E-state index contributed by atoms with van der Waals surface area (Å²) < 4.78 is 11.5. The minimum atomic E-state index is -0.893. The fraction of sp³-hybridized carbons (Fsp3) is 0.579. The summed E-state index contributed by atoms with van der Waals surface area (Å²) in [5, 5.41) is 12.2. The van der Waals surface area contributed by atoms with Crippen LogP contribution < -0.4 is 10.1 Å². The van der Waals surface area contributed by atoms with Gasteiger partial charge in [-0.15, -0.1) is 0 Å². The maximum absolute atomic E-state index is 12.3. The summed E-state index contributed by atoms with van der Waals surface area (Å²) in [6.45, 7) is 1.22. The molecule has 136 valence electrons. The summed E-state index contributed by atoms with van der Waals surface area (Å²) >= 11 is 0. The van der Waals surface area contributed by atoms with Crippen LogP contribution in [0.5, 0.6) is 5.75 Å². The summed E-state index contributed by atoms with van der Waals surface area (Å²) in [5.41, 5.74) is -0.321. The van der Waals surface area contributed by atoms with Crippen molar-refractivity contribution >= 4 is 17.6 Å². The van der Waals surface area contributed by atoms with Crippen molar-refractivity contribution < 1.29 is 24.2 Å². The number of nitrogens with one attached hydrogen (secondary N) is 1. The molecular weight excluding hydrogens is 322 g/mol. The average Bonchev–Trinajstić information content (AvgIpc) is 2.58. The SMILES string of the molecule is O=C(CC1(C(=O)O)CCC1)Nc1ccccc1OCC1CCCCO1. The molecule has 25 heavy (non-hydrogen) atoms. The molecule has 6 heteroatoms. The number of carboxylic acids is 1. The number of carboxylic acid groups (broad SMARTS) is 1. The van der Waals surface area contributed by atoms with Gasteiger partial charge in [0.15, 0.2) is 0 Å². The zero-order valence-electron chi connectivity index (χ0n) is 14.3. The molecule has 0 radical (unpaired) electrons. The van der Waals surface area contributed by atoms with E-state index in [0.29, 0.717) is 30.9 Å². The van der Waals surface area contributed by atoms with Crippen LogP contribution in [0.4, 0.5) is 5.69 Å². The Hall–Kier alpha value is -2.08. The van der Waals surface area contributed by atoms with Crippen molar-refractivity contribution in [2.45, 2.75) is 51.0 Å². The number of rotatable bonds is 7.